The van der Waals surface area contributed by atoms with Gasteiger partial charge in [-0.3, -0.25) is 10.2 Å². The first-order chi connectivity index (χ1) is 10.9. The fraction of sp³-hybridized carbons (Fsp3) is 0.133. The molecule has 0 heterocycles. The number of carbonyl (C=O) groups excluding carboxylic acids is 1. The second-order valence-corrected chi connectivity index (χ2v) is 6.10. The molecule has 0 fully saturated rings. The van der Waals surface area contributed by atoms with E-state index in [4.69, 9.17) is 4.74 Å². The lowest BCUT2D eigenvalue weighted by molar-refractivity contribution is 0.0944. The third kappa shape index (κ3) is 4.27. The molecule has 0 aromatic heterocycles. The first-order valence-electron chi connectivity index (χ1n) is 6.73. The van der Waals surface area contributed by atoms with Crippen molar-refractivity contribution in [1.82, 2.24) is 10.3 Å². The molecule has 2 aromatic carbocycles. The summed E-state index contributed by atoms with van der Waals surface area (Å²) < 4.78 is 42.7. The lowest BCUT2D eigenvalue weighted by Gasteiger charge is -2.10. The maximum Gasteiger partial charge on any atom is 0.266 e. The van der Waals surface area contributed by atoms with Crippen LogP contribution >= 0.6 is 0 Å². The quantitative estimate of drug-likeness (QED) is 0.787. The summed E-state index contributed by atoms with van der Waals surface area (Å²) in [7, 11) is -4.20. The summed E-state index contributed by atoms with van der Waals surface area (Å²) in [5.41, 5.74) is 2.24. The highest BCUT2D eigenvalue weighted by Crippen LogP contribution is 2.14. The average Bonchev–Trinajstić information content (AvgIpc) is 2.53. The van der Waals surface area contributed by atoms with Crippen LogP contribution in [0.2, 0.25) is 0 Å². The first kappa shape index (κ1) is 16.9. The van der Waals surface area contributed by atoms with Gasteiger partial charge in [-0.15, -0.1) is 4.83 Å². The molecule has 0 atom stereocenters. The van der Waals surface area contributed by atoms with Crippen LogP contribution in [0.4, 0.5) is 4.39 Å². The Hall–Kier alpha value is -2.45. The highest BCUT2D eigenvalue weighted by atomic mass is 32.2. The van der Waals surface area contributed by atoms with Crippen molar-refractivity contribution in [3.63, 3.8) is 0 Å². The topological polar surface area (TPSA) is 84.5 Å². The van der Waals surface area contributed by atoms with Crippen molar-refractivity contribution in [2.75, 3.05) is 6.61 Å². The summed E-state index contributed by atoms with van der Waals surface area (Å²) in [6.45, 7) is 2.24. The van der Waals surface area contributed by atoms with Crippen molar-refractivity contribution in [3.05, 3.63) is 59.9 Å². The monoisotopic (exact) mass is 338 g/mol. The number of hydrazine groups is 1. The molecule has 0 saturated heterocycles. The minimum Gasteiger partial charge on any atom is -0.494 e. The highest BCUT2D eigenvalue weighted by Gasteiger charge is 2.19. The number of carbonyl (C=O) groups is 1. The van der Waals surface area contributed by atoms with E-state index in [9.17, 15) is 17.6 Å². The lowest BCUT2D eigenvalue weighted by Crippen LogP contribution is -2.41. The number of ether oxygens (including phenoxy) is 1. The second-order valence-electron chi connectivity index (χ2n) is 4.45. The third-order valence-corrected chi connectivity index (χ3v) is 4.11. The molecule has 2 N–H and O–H groups in total. The van der Waals surface area contributed by atoms with Crippen LogP contribution in [-0.2, 0) is 10.0 Å². The molecule has 1 amide bonds. The van der Waals surface area contributed by atoms with Crippen molar-refractivity contribution in [2.24, 2.45) is 0 Å². The Morgan fingerprint density at radius 2 is 1.91 bits per heavy atom. The zero-order valence-corrected chi connectivity index (χ0v) is 13.1. The van der Waals surface area contributed by atoms with Gasteiger partial charge in [0.15, 0.2) is 0 Å². The van der Waals surface area contributed by atoms with Gasteiger partial charge >= 0.3 is 0 Å². The number of amides is 1. The summed E-state index contributed by atoms with van der Waals surface area (Å²) in [6, 6.07) is 11.1. The molecule has 2 rings (SSSR count). The van der Waals surface area contributed by atoms with Crippen LogP contribution in [0.3, 0.4) is 0 Å². The highest BCUT2D eigenvalue weighted by molar-refractivity contribution is 7.89. The van der Waals surface area contributed by atoms with E-state index in [1.54, 1.807) is 19.1 Å². The predicted octanol–water partition coefficient (Wildman–Crippen LogP) is 1.85. The Bertz CT molecular complexity index is 809. The molecule has 0 aliphatic heterocycles. The maximum atomic E-state index is 13.5. The number of rotatable bonds is 6. The van der Waals surface area contributed by atoms with Crippen LogP contribution in [0.15, 0.2) is 53.4 Å². The first-order valence-corrected chi connectivity index (χ1v) is 8.22. The van der Waals surface area contributed by atoms with E-state index in [2.05, 4.69) is 0 Å². The zero-order chi connectivity index (χ0) is 16.9. The molecule has 0 saturated carbocycles. The summed E-state index contributed by atoms with van der Waals surface area (Å²) >= 11 is 0. The number of halogens is 1. The van der Waals surface area contributed by atoms with E-state index in [0.29, 0.717) is 12.4 Å². The smallest absolute Gasteiger partial charge is 0.266 e. The van der Waals surface area contributed by atoms with Gasteiger partial charge in [-0.2, -0.15) is 0 Å². The van der Waals surface area contributed by atoms with E-state index in [0.717, 1.165) is 12.1 Å². The number of hydrogen-bond acceptors (Lipinski definition) is 4. The lowest BCUT2D eigenvalue weighted by atomic mass is 10.2. The third-order valence-electron chi connectivity index (χ3n) is 2.83. The Balaban J connectivity index is 2.10. The molecule has 0 unspecified atom stereocenters. The van der Waals surface area contributed by atoms with Gasteiger partial charge < -0.3 is 4.74 Å². The summed E-state index contributed by atoms with van der Waals surface area (Å²) in [5.74, 6) is -1.11. The molecule has 2 aromatic rings. The molecular weight excluding hydrogens is 323 g/mol. The van der Waals surface area contributed by atoms with Gasteiger partial charge in [-0.1, -0.05) is 18.2 Å². The van der Waals surface area contributed by atoms with Crippen molar-refractivity contribution in [1.29, 1.82) is 0 Å². The summed E-state index contributed by atoms with van der Waals surface area (Å²) in [5, 5.41) is 0. The fourth-order valence-electron chi connectivity index (χ4n) is 1.80. The van der Waals surface area contributed by atoms with Gasteiger partial charge in [0.25, 0.3) is 15.9 Å². The van der Waals surface area contributed by atoms with Gasteiger partial charge in [0.2, 0.25) is 0 Å². The zero-order valence-electron chi connectivity index (χ0n) is 12.2. The molecule has 0 radical (unpaired) electrons. The molecule has 6 nitrogen and oxygen atoms in total. The van der Waals surface area contributed by atoms with Crippen LogP contribution < -0.4 is 15.0 Å². The molecule has 0 bridgehead atoms. The van der Waals surface area contributed by atoms with Crippen molar-refractivity contribution in [3.8, 4) is 5.75 Å². The molecule has 23 heavy (non-hydrogen) atoms. The molecule has 8 heteroatoms. The van der Waals surface area contributed by atoms with E-state index in [-0.39, 0.29) is 5.56 Å². The number of sulfonamides is 1. The number of benzene rings is 2. The molecule has 0 aliphatic carbocycles. The van der Waals surface area contributed by atoms with Gasteiger partial charge in [0.05, 0.1) is 6.61 Å². The fourth-order valence-corrected chi connectivity index (χ4v) is 2.72. The Morgan fingerprint density at radius 3 is 2.61 bits per heavy atom. The van der Waals surface area contributed by atoms with Crippen molar-refractivity contribution in [2.45, 2.75) is 11.8 Å². The Labute approximate surface area is 133 Å². The van der Waals surface area contributed by atoms with Crippen LogP contribution in [0.25, 0.3) is 0 Å². The van der Waals surface area contributed by atoms with Crippen LogP contribution in [0.5, 0.6) is 5.75 Å². The largest absolute Gasteiger partial charge is 0.494 e. The minimum absolute atomic E-state index is 0.201. The molecule has 122 valence electrons. The minimum atomic E-state index is -4.20. The standard InChI is InChI=1S/C15H15FN2O4S/c1-2-22-12-7-5-6-11(10-12)15(19)17-18-23(20,21)14-9-4-3-8-13(14)16/h3-10,18H,2H2,1H3,(H,17,19). The second kappa shape index (κ2) is 7.21. The Morgan fingerprint density at radius 1 is 1.17 bits per heavy atom. The van der Waals surface area contributed by atoms with Crippen LogP contribution in [-0.4, -0.2) is 20.9 Å². The van der Waals surface area contributed by atoms with Gasteiger partial charge in [0.1, 0.15) is 16.5 Å². The molecule has 0 spiro atoms. The van der Waals surface area contributed by atoms with Crippen LogP contribution in [0.1, 0.15) is 17.3 Å². The molecule has 0 aliphatic rings. The normalized spacial score (nSPS) is 11.0. The van der Waals surface area contributed by atoms with E-state index in [1.807, 2.05) is 10.3 Å². The van der Waals surface area contributed by atoms with Gasteiger partial charge in [-0.05, 0) is 37.3 Å². The van der Waals surface area contributed by atoms with Crippen molar-refractivity contribution < 1.29 is 22.3 Å². The number of hydrogen-bond donors (Lipinski definition) is 2. The van der Waals surface area contributed by atoms with Gasteiger partial charge in [0, 0.05) is 5.56 Å². The summed E-state index contributed by atoms with van der Waals surface area (Å²) in [6.07, 6.45) is 0. The predicted molar refractivity (Wildman–Crippen MR) is 81.8 cm³/mol. The maximum absolute atomic E-state index is 13.5. The summed E-state index contributed by atoms with van der Waals surface area (Å²) in [4.78, 5) is 13.3. The van der Waals surface area contributed by atoms with Gasteiger partial charge in [-0.25, -0.2) is 12.8 Å². The Kier molecular flexibility index (Phi) is 5.30. The molecular formula is C15H15FN2O4S. The van der Waals surface area contributed by atoms with Crippen LogP contribution in [0, 0.1) is 5.82 Å². The van der Waals surface area contributed by atoms with E-state index >= 15 is 0 Å². The van der Waals surface area contributed by atoms with E-state index in [1.165, 1.54) is 24.3 Å². The SMILES string of the molecule is CCOc1cccc(C(=O)NNS(=O)(=O)c2ccccc2F)c1. The van der Waals surface area contributed by atoms with Crippen molar-refractivity contribution >= 4 is 15.9 Å². The average molecular weight is 338 g/mol. The number of nitrogens with one attached hydrogen (secondary N) is 2. The van der Waals surface area contributed by atoms with E-state index < -0.39 is 26.6 Å².